The summed E-state index contributed by atoms with van der Waals surface area (Å²) in [7, 11) is 0. The molecule has 1 aromatic heterocycles. The molecule has 2 rings (SSSR count). The van der Waals surface area contributed by atoms with Crippen LogP contribution in [0.2, 0.25) is 0 Å². The number of allylic oxidation sites excluding steroid dienone is 2. The smallest absolute Gasteiger partial charge is 0.213 e. The number of hydrogen-bond donors (Lipinski definition) is 1. The van der Waals surface area contributed by atoms with Gasteiger partial charge < -0.3 is 10.1 Å². The van der Waals surface area contributed by atoms with E-state index in [1.54, 1.807) is 0 Å². The minimum atomic E-state index is 0.615. The first-order chi connectivity index (χ1) is 9.29. The minimum absolute atomic E-state index is 0.615. The Bertz CT molecular complexity index is 417. The number of nitrogens with zero attached hydrogens (tertiary/aromatic N) is 1. The van der Waals surface area contributed by atoms with Crippen molar-refractivity contribution in [2.45, 2.75) is 33.2 Å². The zero-order valence-corrected chi connectivity index (χ0v) is 11.9. The number of aromatic nitrogens is 1. The number of nitrogens with one attached hydrogen (secondary N) is 1. The summed E-state index contributed by atoms with van der Waals surface area (Å²) in [6, 6.07) is 5.99. The molecule has 0 spiro atoms. The van der Waals surface area contributed by atoms with Gasteiger partial charge in [-0.05, 0) is 37.3 Å². The largest absolute Gasteiger partial charge is 0.477 e. The quantitative estimate of drug-likeness (QED) is 0.798. The lowest BCUT2D eigenvalue weighted by Gasteiger charge is -2.24. The van der Waals surface area contributed by atoms with Gasteiger partial charge in [-0.2, -0.15) is 0 Å². The van der Waals surface area contributed by atoms with Crippen LogP contribution in [-0.2, 0) is 6.54 Å². The molecule has 1 aliphatic rings. The van der Waals surface area contributed by atoms with Crippen LogP contribution in [0.15, 0.2) is 30.4 Å². The molecule has 1 heterocycles. The molecule has 3 nitrogen and oxygen atoms in total. The number of ether oxygens (including phenoxy) is 1. The van der Waals surface area contributed by atoms with Gasteiger partial charge in [0.1, 0.15) is 0 Å². The Kier molecular flexibility index (Phi) is 5.40. The van der Waals surface area contributed by atoms with E-state index in [-0.39, 0.29) is 0 Å². The maximum Gasteiger partial charge on any atom is 0.213 e. The molecule has 0 saturated heterocycles. The highest BCUT2D eigenvalue weighted by atomic mass is 16.5. The topological polar surface area (TPSA) is 34.1 Å². The molecule has 0 aromatic carbocycles. The van der Waals surface area contributed by atoms with Crippen LogP contribution in [0.1, 0.15) is 32.4 Å². The monoisotopic (exact) mass is 260 g/mol. The molecular formula is C16H24N2O. The molecule has 104 valence electrons. The van der Waals surface area contributed by atoms with Gasteiger partial charge in [0.2, 0.25) is 5.88 Å². The average Bonchev–Trinajstić information content (AvgIpc) is 2.45. The fourth-order valence-corrected chi connectivity index (χ4v) is 2.32. The molecule has 19 heavy (non-hydrogen) atoms. The third kappa shape index (κ3) is 4.35. The maximum atomic E-state index is 5.86. The molecule has 1 aliphatic carbocycles. The van der Waals surface area contributed by atoms with Gasteiger partial charge in [0.25, 0.3) is 0 Å². The van der Waals surface area contributed by atoms with E-state index in [4.69, 9.17) is 4.74 Å². The Hall–Kier alpha value is -1.35. The van der Waals surface area contributed by atoms with Gasteiger partial charge in [0, 0.05) is 12.6 Å². The van der Waals surface area contributed by atoms with Crippen LogP contribution >= 0.6 is 0 Å². The molecule has 0 aliphatic heterocycles. The van der Waals surface area contributed by atoms with Gasteiger partial charge in [-0.15, -0.1) is 0 Å². The lowest BCUT2D eigenvalue weighted by Crippen LogP contribution is -2.21. The molecule has 0 radical (unpaired) electrons. The van der Waals surface area contributed by atoms with Crippen molar-refractivity contribution in [3.63, 3.8) is 0 Å². The van der Waals surface area contributed by atoms with E-state index < -0.39 is 0 Å². The zero-order chi connectivity index (χ0) is 13.5. The second-order valence-corrected chi connectivity index (χ2v) is 5.24. The van der Waals surface area contributed by atoms with Crippen molar-refractivity contribution in [3.8, 4) is 5.88 Å². The molecule has 0 bridgehead atoms. The molecule has 3 heteroatoms. The van der Waals surface area contributed by atoms with Crippen LogP contribution in [0.4, 0.5) is 0 Å². The van der Waals surface area contributed by atoms with Gasteiger partial charge in [0.05, 0.1) is 12.3 Å². The van der Waals surface area contributed by atoms with E-state index in [1.807, 2.05) is 18.2 Å². The second-order valence-electron chi connectivity index (χ2n) is 5.24. The van der Waals surface area contributed by atoms with Crippen molar-refractivity contribution >= 4 is 0 Å². The second kappa shape index (κ2) is 7.29. The lowest BCUT2D eigenvalue weighted by molar-refractivity contribution is 0.192. The van der Waals surface area contributed by atoms with E-state index >= 15 is 0 Å². The third-order valence-electron chi connectivity index (χ3n) is 3.70. The van der Waals surface area contributed by atoms with Gasteiger partial charge in [-0.3, -0.25) is 0 Å². The summed E-state index contributed by atoms with van der Waals surface area (Å²) in [4.78, 5) is 4.52. The Morgan fingerprint density at radius 3 is 2.95 bits per heavy atom. The van der Waals surface area contributed by atoms with Crippen LogP contribution in [0, 0.1) is 11.8 Å². The van der Waals surface area contributed by atoms with Crippen LogP contribution in [0.3, 0.4) is 0 Å². The van der Waals surface area contributed by atoms with E-state index in [0.717, 1.165) is 37.7 Å². The summed E-state index contributed by atoms with van der Waals surface area (Å²) < 4.78 is 5.86. The molecule has 1 aromatic rings. The van der Waals surface area contributed by atoms with Crippen molar-refractivity contribution < 1.29 is 4.74 Å². The number of hydrogen-bond acceptors (Lipinski definition) is 3. The molecule has 0 amide bonds. The SMILES string of the molecule is CCNCc1cccc(OCC2CC=CCC2C)n1. The molecule has 0 saturated carbocycles. The fraction of sp³-hybridized carbons (Fsp3) is 0.562. The van der Waals surface area contributed by atoms with E-state index in [2.05, 4.69) is 36.3 Å². The summed E-state index contributed by atoms with van der Waals surface area (Å²) in [6.45, 7) is 6.92. The highest BCUT2D eigenvalue weighted by Gasteiger charge is 2.18. The Labute approximate surface area is 116 Å². The van der Waals surface area contributed by atoms with Crippen molar-refractivity contribution in [1.82, 2.24) is 10.3 Å². The molecule has 2 unspecified atom stereocenters. The normalized spacial score (nSPS) is 22.4. The van der Waals surface area contributed by atoms with Crippen molar-refractivity contribution in [2.24, 2.45) is 11.8 Å². The first kappa shape index (κ1) is 14.1. The number of rotatable bonds is 6. The molecule has 1 N–H and O–H groups in total. The summed E-state index contributed by atoms with van der Waals surface area (Å²) in [6.07, 6.45) is 6.83. The van der Waals surface area contributed by atoms with Crippen LogP contribution in [0.5, 0.6) is 5.88 Å². The maximum absolute atomic E-state index is 5.86. The molecule has 0 fully saturated rings. The van der Waals surface area contributed by atoms with Gasteiger partial charge in [-0.25, -0.2) is 4.98 Å². The van der Waals surface area contributed by atoms with Crippen LogP contribution < -0.4 is 10.1 Å². The predicted molar refractivity (Wildman–Crippen MR) is 78.1 cm³/mol. The summed E-state index contributed by atoms with van der Waals surface area (Å²) in [5, 5.41) is 3.28. The Morgan fingerprint density at radius 1 is 1.32 bits per heavy atom. The number of pyridine rings is 1. The minimum Gasteiger partial charge on any atom is -0.477 e. The molecular weight excluding hydrogens is 236 g/mol. The zero-order valence-electron chi connectivity index (χ0n) is 11.9. The van der Waals surface area contributed by atoms with Gasteiger partial charge >= 0.3 is 0 Å². The van der Waals surface area contributed by atoms with Crippen molar-refractivity contribution in [1.29, 1.82) is 0 Å². The summed E-state index contributed by atoms with van der Waals surface area (Å²) in [5.74, 6) is 2.07. The van der Waals surface area contributed by atoms with Crippen molar-refractivity contribution in [2.75, 3.05) is 13.2 Å². The molecule has 2 atom stereocenters. The Morgan fingerprint density at radius 2 is 2.16 bits per heavy atom. The van der Waals surface area contributed by atoms with Crippen LogP contribution in [-0.4, -0.2) is 18.1 Å². The van der Waals surface area contributed by atoms with E-state index in [1.165, 1.54) is 6.42 Å². The summed E-state index contributed by atoms with van der Waals surface area (Å²) >= 11 is 0. The van der Waals surface area contributed by atoms with Gasteiger partial charge in [0.15, 0.2) is 0 Å². The standard InChI is InChI=1S/C16H24N2O/c1-3-17-11-15-9-6-10-16(18-15)19-12-14-8-5-4-7-13(14)2/h4-6,9-10,13-14,17H,3,7-8,11-12H2,1-2H3. The first-order valence-electron chi connectivity index (χ1n) is 7.24. The van der Waals surface area contributed by atoms with E-state index in [9.17, 15) is 0 Å². The fourth-order valence-electron chi connectivity index (χ4n) is 2.32. The predicted octanol–water partition coefficient (Wildman–Crippen LogP) is 3.17. The first-order valence-corrected chi connectivity index (χ1v) is 7.24. The highest BCUT2D eigenvalue weighted by molar-refractivity contribution is 5.15. The summed E-state index contributed by atoms with van der Waals surface area (Å²) in [5.41, 5.74) is 1.04. The van der Waals surface area contributed by atoms with Crippen molar-refractivity contribution in [3.05, 3.63) is 36.0 Å². The van der Waals surface area contributed by atoms with Gasteiger partial charge in [-0.1, -0.05) is 32.1 Å². The third-order valence-corrected chi connectivity index (χ3v) is 3.70. The lowest BCUT2D eigenvalue weighted by atomic mass is 9.85. The van der Waals surface area contributed by atoms with Crippen LogP contribution in [0.25, 0.3) is 0 Å². The Balaban J connectivity index is 1.86. The van der Waals surface area contributed by atoms with E-state index in [0.29, 0.717) is 11.8 Å². The average molecular weight is 260 g/mol. The highest BCUT2D eigenvalue weighted by Crippen LogP contribution is 2.25.